The van der Waals surface area contributed by atoms with E-state index in [1.165, 1.54) is 0 Å². The second-order valence-corrected chi connectivity index (χ2v) is 3.71. The van der Waals surface area contributed by atoms with Gasteiger partial charge < -0.3 is 5.32 Å². The maximum Gasteiger partial charge on any atom is 0.136 e. The lowest BCUT2D eigenvalue weighted by molar-refractivity contribution is 0.749. The van der Waals surface area contributed by atoms with Gasteiger partial charge in [-0.05, 0) is 19.9 Å². The zero-order chi connectivity index (χ0) is 9.26. The summed E-state index contributed by atoms with van der Waals surface area (Å²) < 4.78 is 0. The summed E-state index contributed by atoms with van der Waals surface area (Å²) in [7, 11) is 0. The normalized spacial score (nSPS) is 22.2. The lowest BCUT2D eigenvalue weighted by Gasteiger charge is -2.09. The van der Waals surface area contributed by atoms with Crippen LogP contribution in [0.15, 0.2) is 6.20 Å². The van der Waals surface area contributed by atoms with E-state index in [4.69, 9.17) is 11.6 Å². The van der Waals surface area contributed by atoms with Crippen LogP contribution in [0.25, 0.3) is 0 Å². The zero-order valence-corrected chi connectivity index (χ0v) is 8.30. The van der Waals surface area contributed by atoms with Crippen LogP contribution in [0.2, 0.25) is 5.15 Å². The Labute approximate surface area is 82.5 Å². The number of hydrogen-bond acceptors (Lipinski definition) is 3. The SMILES string of the molecule is Cc1ncc(C2CCNC2)c(Cl)n1. The molecule has 4 heteroatoms. The second kappa shape index (κ2) is 3.60. The molecular weight excluding hydrogens is 186 g/mol. The molecule has 0 radical (unpaired) electrons. The molecule has 1 aromatic heterocycles. The summed E-state index contributed by atoms with van der Waals surface area (Å²) in [6, 6.07) is 0. The summed E-state index contributed by atoms with van der Waals surface area (Å²) in [4.78, 5) is 8.31. The molecule has 1 aromatic rings. The van der Waals surface area contributed by atoms with Crippen molar-refractivity contribution in [3.63, 3.8) is 0 Å². The number of halogens is 1. The number of hydrogen-bond donors (Lipinski definition) is 1. The Hall–Kier alpha value is -0.670. The summed E-state index contributed by atoms with van der Waals surface area (Å²) in [5.41, 5.74) is 1.08. The fourth-order valence-electron chi connectivity index (χ4n) is 1.65. The molecule has 0 spiro atoms. The molecular formula is C9H12ClN3. The maximum atomic E-state index is 6.03. The first-order valence-electron chi connectivity index (χ1n) is 4.47. The molecule has 13 heavy (non-hydrogen) atoms. The van der Waals surface area contributed by atoms with E-state index in [0.717, 1.165) is 30.9 Å². The molecule has 1 saturated heterocycles. The van der Waals surface area contributed by atoms with E-state index < -0.39 is 0 Å². The van der Waals surface area contributed by atoms with Crippen molar-refractivity contribution in [1.82, 2.24) is 15.3 Å². The fourth-order valence-corrected chi connectivity index (χ4v) is 1.97. The van der Waals surface area contributed by atoms with Crippen LogP contribution in [0.1, 0.15) is 23.7 Å². The molecule has 1 fully saturated rings. The van der Waals surface area contributed by atoms with E-state index in [2.05, 4.69) is 15.3 Å². The number of aromatic nitrogens is 2. The monoisotopic (exact) mass is 197 g/mol. The van der Waals surface area contributed by atoms with E-state index in [0.29, 0.717) is 11.1 Å². The largest absolute Gasteiger partial charge is 0.316 e. The minimum Gasteiger partial charge on any atom is -0.316 e. The molecule has 2 rings (SSSR count). The van der Waals surface area contributed by atoms with Crippen LogP contribution in [0.3, 0.4) is 0 Å². The van der Waals surface area contributed by atoms with Gasteiger partial charge in [-0.1, -0.05) is 11.6 Å². The van der Waals surface area contributed by atoms with Crippen molar-refractivity contribution in [2.24, 2.45) is 0 Å². The molecule has 0 bridgehead atoms. The molecule has 0 aliphatic carbocycles. The van der Waals surface area contributed by atoms with Crippen LogP contribution in [-0.2, 0) is 0 Å². The topological polar surface area (TPSA) is 37.8 Å². The van der Waals surface area contributed by atoms with Crippen molar-refractivity contribution in [1.29, 1.82) is 0 Å². The molecule has 0 amide bonds. The Balaban J connectivity index is 2.29. The molecule has 1 N–H and O–H groups in total. The van der Waals surface area contributed by atoms with E-state index in [9.17, 15) is 0 Å². The van der Waals surface area contributed by atoms with Crippen LogP contribution >= 0.6 is 11.6 Å². The van der Waals surface area contributed by atoms with Gasteiger partial charge in [0, 0.05) is 24.2 Å². The minimum atomic E-state index is 0.494. The highest BCUT2D eigenvalue weighted by atomic mass is 35.5. The highest BCUT2D eigenvalue weighted by Gasteiger charge is 2.19. The second-order valence-electron chi connectivity index (χ2n) is 3.35. The van der Waals surface area contributed by atoms with Gasteiger partial charge in [-0.15, -0.1) is 0 Å². The molecule has 1 aliphatic heterocycles. The van der Waals surface area contributed by atoms with Gasteiger partial charge in [-0.3, -0.25) is 0 Å². The molecule has 70 valence electrons. The third-order valence-electron chi connectivity index (χ3n) is 2.39. The highest BCUT2D eigenvalue weighted by Crippen LogP contribution is 2.26. The Bertz CT molecular complexity index is 308. The van der Waals surface area contributed by atoms with E-state index >= 15 is 0 Å². The molecule has 2 heterocycles. The number of rotatable bonds is 1. The van der Waals surface area contributed by atoms with Crippen molar-refractivity contribution in [2.75, 3.05) is 13.1 Å². The third kappa shape index (κ3) is 1.81. The van der Waals surface area contributed by atoms with Gasteiger partial charge >= 0.3 is 0 Å². The van der Waals surface area contributed by atoms with Crippen LogP contribution in [-0.4, -0.2) is 23.1 Å². The smallest absolute Gasteiger partial charge is 0.136 e. The van der Waals surface area contributed by atoms with Crippen LogP contribution in [0.5, 0.6) is 0 Å². The van der Waals surface area contributed by atoms with Gasteiger partial charge in [0.2, 0.25) is 0 Å². The number of aryl methyl sites for hydroxylation is 1. The average Bonchev–Trinajstić information content (AvgIpc) is 2.56. The maximum absolute atomic E-state index is 6.03. The Morgan fingerprint density at radius 1 is 1.62 bits per heavy atom. The van der Waals surface area contributed by atoms with Gasteiger partial charge in [-0.2, -0.15) is 0 Å². The zero-order valence-electron chi connectivity index (χ0n) is 7.55. The molecule has 3 nitrogen and oxygen atoms in total. The minimum absolute atomic E-state index is 0.494. The molecule has 0 aromatic carbocycles. The third-order valence-corrected chi connectivity index (χ3v) is 2.69. The van der Waals surface area contributed by atoms with Crippen LogP contribution in [0, 0.1) is 6.92 Å². The van der Waals surface area contributed by atoms with Crippen molar-refractivity contribution in [3.8, 4) is 0 Å². The number of nitrogens with one attached hydrogen (secondary N) is 1. The quantitative estimate of drug-likeness (QED) is 0.694. The van der Waals surface area contributed by atoms with Crippen molar-refractivity contribution < 1.29 is 0 Å². The van der Waals surface area contributed by atoms with Gasteiger partial charge in [0.1, 0.15) is 11.0 Å². The molecule has 1 unspecified atom stereocenters. The van der Waals surface area contributed by atoms with Crippen molar-refractivity contribution >= 4 is 11.6 Å². The Morgan fingerprint density at radius 3 is 3.08 bits per heavy atom. The lowest BCUT2D eigenvalue weighted by Crippen LogP contribution is -2.09. The fraction of sp³-hybridized carbons (Fsp3) is 0.556. The first-order valence-corrected chi connectivity index (χ1v) is 4.85. The molecule has 1 aliphatic rings. The van der Waals surface area contributed by atoms with Gasteiger partial charge in [0.15, 0.2) is 0 Å². The lowest BCUT2D eigenvalue weighted by atomic mass is 10.0. The Kier molecular flexibility index (Phi) is 2.47. The Morgan fingerprint density at radius 2 is 2.46 bits per heavy atom. The predicted octanol–water partition coefficient (Wildman–Crippen LogP) is 1.52. The van der Waals surface area contributed by atoms with Gasteiger partial charge in [0.05, 0.1) is 0 Å². The standard InChI is InChI=1S/C9H12ClN3/c1-6-12-5-8(9(10)13-6)7-2-3-11-4-7/h5,7,11H,2-4H2,1H3. The van der Waals surface area contributed by atoms with E-state index in [1.54, 1.807) is 0 Å². The van der Waals surface area contributed by atoms with Crippen LogP contribution in [0.4, 0.5) is 0 Å². The summed E-state index contributed by atoms with van der Waals surface area (Å²) in [5.74, 6) is 1.23. The van der Waals surface area contributed by atoms with E-state index in [-0.39, 0.29) is 0 Å². The van der Waals surface area contributed by atoms with Gasteiger partial charge in [-0.25, -0.2) is 9.97 Å². The summed E-state index contributed by atoms with van der Waals surface area (Å²) in [5, 5.41) is 3.91. The first-order chi connectivity index (χ1) is 6.27. The predicted molar refractivity (Wildman–Crippen MR) is 52.0 cm³/mol. The molecule has 0 saturated carbocycles. The highest BCUT2D eigenvalue weighted by molar-refractivity contribution is 6.30. The average molecular weight is 198 g/mol. The summed E-state index contributed by atoms with van der Waals surface area (Å²) >= 11 is 6.03. The van der Waals surface area contributed by atoms with E-state index in [1.807, 2.05) is 13.1 Å². The van der Waals surface area contributed by atoms with Crippen molar-refractivity contribution in [2.45, 2.75) is 19.3 Å². The summed E-state index contributed by atoms with van der Waals surface area (Å²) in [6.45, 7) is 3.91. The number of nitrogens with zero attached hydrogens (tertiary/aromatic N) is 2. The molecule has 1 atom stereocenters. The van der Waals surface area contributed by atoms with Crippen LogP contribution < -0.4 is 5.32 Å². The van der Waals surface area contributed by atoms with Crippen molar-refractivity contribution in [3.05, 3.63) is 22.7 Å². The van der Waals surface area contributed by atoms with Gasteiger partial charge in [0.25, 0.3) is 0 Å². The first kappa shape index (κ1) is 8.91. The summed E-state index contributed by atoms with van der Waals surface area (Å²) in [6.07, 6.45) is 2.98.